The minimum absolute atomic E-state index is 0.263. The number of esters is 1. The first-order valence-electron chi connectivity index (χ1n) is 9.62. The molecule has 3 amide bonds. The molecule has 154 valence electrons. The number of thioether (sulfide) groups is 1. The summed E-state index contributed by atoms with van der Waals surface area (Å²) in [5.74, 6) is -2.21. The molecule has 1 atom stereocenters. The summed E-state index contributed by atoms with van der Waals surface area (Å²) < 4.78 is 5.11. The zero-order valence-corrected chi connectivity index (χ0v) is 17.2. The van der Waals surface area contributed by atoms with Gasteiger partial charge in [-0.2, -0.15) is 0 Å². The van der Waals surface area contributed by atoms with Gasteiger partial charge in [0, 0.05) is 16.7 Å². The van der Waals surface area contributed by atoms with Gasteiger partial charge in [-0.25, -0.2) is 0 Å². The molecule has 2 heterocycles. The summed E-state index contributed by atoms with van der Waals surface area (Å²) in [4.78, 5) is 53.2. The van der Waals surface area contributed by atoms with Crippen LogP contribution in [0.15, 0.2) is 53.4 Å². The second kappa shape index (κ2) is 8.31. The molecule has 0 aromatic heterocycles. The molecule has 30 heavy (non-hydrogen) atoms. The number of hydrogen-bond donors (Lipinski definition) is 0. The molecule has 0 N–H and O–H groups in total. The molecule has 0 saturated heterocycles. The van der Waals surface area contributed by atoms with Crippen LogP contribution in [0.1, 0.15) is 34.1 Å². The third kappa shape index (κ3) is 3.82. The topological polar surface area (TPSA) is 84.0 Å². The third-order valence-electron chi connectivity index (χ3n) is 5.07. The highest BCUT2D eigenvalue weighted by atomic mass is 32.2. The van der Waals surface area contributed by atoms with Crippen molar-refractivity contribution in [3.05, 3.63) is 59.7 Å². The number of imide groups is 1. The van der Waals surface area contributed by atoms with Crippen molar-refractivity contribution in [1.82, 2.24) is 4.90 Å². The van der Waals surface area contributed by atoms with Crippen molar-refractivity contribution in [2.45, 2.75) is 23.5 Å². The van der Waals surface area contributed by atoms with Gasteiger partial charge in [0.15, 0.2) is 6.61 Å². The highest BCUT2D eigenvalue weighted by Gasteiger charge is 2.36. The van der Waals surface area contributed by atoms with Crippen molar-refractivity contribution >= 4 is 41.1 Å². The van der Waals surface area contributed by atoms with Crippen molar-refractivity contribution < 1.29 is 23.9 Å². The minimum atomic E-state index is -0.802. The molecule has 0 aliphatic carbocycles. The van der Waals surface area contributed by atoms with Crippen LogP contribution in [0.4, 0.5) is 5.69 Å². The smallest absolute Gasteiger partial charge is 0.326 e. The predicted octanol–water partition coefficient (Wildman–Crippen LogP) is 2.74. The summed E-state index contributed by atoms with van der Waals surface area (Å²) in [5, 5.41) is 0.361. The number of nitrogens with zero attached hydrogens (tertiary/aromatic N) is 2. The lowest BCUT2D eigenvalue weighted by Gasteiger charge is -2.22. The predicted molar refractivity (Wildman–Crippen MR) is 111 cm³/mol. The first-order valence-corrected chi connectivity index (χ1v) is 10.5. The van der Waals surface area contributed by atoms with E-state index < -0.39 is 30.9 Å². The maximum absolute atomic E-state index is 12.8. The van der Waals surface area contributed by atoms with Crippen molar-refractivity contribution in [2.24, 2.45) is 0 Å². The summed E-state index contributed by atoms with van der Waals surface area (Å²) in [6, 6.07) is 14.0. The molecule has 2 aromatic carbocycles. The lowest BCUT2D eigenvalue weighted by molar-refractivity contribution is -0.148. The summed E-state index contributed by atoms with van der Waals surface area (Å²) >= 11 is 1.71. The van der Waals surface area contributed by atoms with E-state index in [1.54, 1.807) is 40.9 Å². The van der Waals surface area contributed by atoms with Gasteiger partial charge in [-0.15, -0.1) is 11.8 Å². The number of ether oxygens (including phenoxy) is 1. The lowest BCUT2D eigenvalue weighted by atomic mass is 10.1. The minimum Gasteiger partial charge on any atom is -0.454 e. The van der Waals surface area contributed by atoms with Crippen LogP contribution in [0.2, 0.25) is 0 Å². The zero-order valence-electron chi connectivity index (χ0n) is 16.4. The number of fused-ring (bicyclic) bond motifs is 2. The second-order valence-corrected chi connectivity index (χ2v) is 8.61. The van der Waals surface area contributed by atoms with E-state index in [1.807, 2.05) is 24.3 Å². The van der Waals surface area contributed by atoms with E-state index in [0.29, 0.717) is 11.8 Å². The SMILES string of the molecule is CC1CCN(C(=O)COC(=O)CN2C(=O)c3ccccc3C2=O)c2ccccc2S1. The first kappa shape index (κ1) is 20.2. The molecule has 2 aliphatic rings. The van der Waals surface area contributed by atoms with Crippen LogP contribution in [-0.2, 0) is 14.3 Å². The van der Waals surface area contributed by atoms with E-state index in [2.05, 4.69) is 6.92 Å². The van der Waals surface area contributed by atoms with Crippen molar-refractivity contribution in [2.75, 3.05) is 24.6 Å². The van der Waals surface area contributed by atoms with Gasteiger partial charge < -0.3 is 9.64 Å². The van der Waals surface area contributed by atoms with Gasteiger partial charge in [-0.1, -0.05) is 31.2 Å². The van der Waals surface area contributed by atoms with Crippen LogP contribution in [0.3, 0.4) is 0 Å². The Kier molecular flexibility index (Phi) is 5.59. The number of rotatable bonds is 4. The Hall–Kier alpha value is -3.13. The van der Waals surface area contributed by atoms with E-state index in [9.17, 15) is 19.2 Å². The highest BCUT2D eigenvalue weighted by Crippen LogP contribution is 2.37. The molecule has 2 aromatic rings. The van der Waals surface area contributed by atoms with E-state index in [0.717, 1.165) is 21.9 Å². The quantitative estimate of drug-likeness (QED) is 0.554. The van der Waals surface area contributed by atoms with Gasteiger partial charge in [0.2, 0.25) is 0 Å². The third-order valence-corrected chi connectivity index (χ3v) is 6.30. The average Bonchev–Trinajstić information content (AvgIpc) is 2.88. The maximum atomic E-state index is 12.8. The Balaban J connectivity index is 1.38. The molecule has 1 unspecified atom stereocenters. The summed E-state index contributed by atoms with van der Waals surface area (Å²) in [6.45, 7) is 1.66. The molecule has 2 aliphatic heterocycles. The Morgan fingerprint density at radius 2 is 1.67 bits per heavy atom. The van der Waals surface area contributed by atoms with Gasteiger partial charge in [0.25, 0.3) is 17.7 Å². The molecule has 0 fully saturated rings. The van der Waals surface area contributed by atoms with E-state index in [4.69, 9.17) is 4.74 Å². The first-order chi connectivity index (χ1) is 14.5. The molecule has 0 radical (unpaired) electrons. The molecule has 4 rings (SSSR count). The van der Waals surface area contributed by atoms with E-state index in [1.165, 1.54) is 0 Å². The number of benzene rings is 2. The number of amides is 3. The number of hydrogen-bond acceptors (Lipinski definition) is 6. The average molecular weight is 424 g/mol. The molecular weight excluding hydrogens is 404 g/mol. The summed E-state index contributed by atoms with van der Waals surface area (Å²) in [5.41, 5.74) is 1.33. The Morgan fingerprint density at radius 1 is 1.03 bits per heavy atom. The van der Waals surface area contributed by atoms with Crippen LogP contribution >= 0.6 is 11.8 Å². The zero-order chi connectivity index (χ0) is 21.3. The van der Waals surface area contributed by atoms with Crippen molar-refractivity contribution in [3.63, 3.8) is 0 Å². The van der Waals surface area contributed by atoms with Crippen LogP contribution in [-0.4, -0.2) is 53.5 Å². The fraction of sp³-hybridized carbons (Fsp3) is 0.273. The van der Waals surface area contributed by atoms with Crippen LogP contribution < -0.4 is 4.90 Å². The van der Waals surface area contributed by atoms with Gasteiger partial charge >= 0.3 is 5.97 Å². The summed E-state index contributed by atoms with van der Waals surface area (Å²) in [6.07, 6.45) is 0.814. The molecule has 0 spiro atoms. The van der Waals surface area contributed by atoms with Crippen LogP contribution in [0, 0.1) is 0 Å². The Bertz CT molecular complexity index is 1000. The molecule has 8 heteroatoms. The largest absolute Gasteiger partial charge is 0.454 e. The molecular formula is C22H20N2O5S. The number of carbonyl (C=O) groups excluding carboxylic acids is 4. The van der Waals surface area contributed by atoms with Crippen molar-refractivity contribution in [3.8, 4) is 0 Å². The number of anilines is 1. The normalized spacial score (nSPS) is 18.0. The maximum Gasteiger partial charge on any atom is 0.326 e. The molecule has 0 saturated carbocycles. The van der Waals surface area contributed by atoms with Gasteiger partial charge in [-0.05, 0) is 30.7 Å². The van der Waals surface area contributed by atoms with Crippen LogP contribution in [0.25, 0.3) is 0 Å². The van der Waals surface area contributed by atoms with Gasteiger partial charge in [-0.3, -0.25) is 24.1 Å². The van der Waals surface area contributed by atoms with Crippen molar-refractivity contribution in [1.29, 1.82) is 0 Å². The second-order valence-electron chi connectivity index (χ2n) is 7.13. The molecule has 7 nitrogen and oxygen atoms in total. The lowest BCUT2D eigenvalue weighted by Crippen LogP contribution is -2.39. The van der Waals surface area contributed by atoms with E-state index >= 15 is 0 Å². The summed E-state index contributed by atoms with van der Waals surface area (Å²) in [7, 11) is 0. The monoisotopic (exact) mass is 424 g/mol. The van der Waals surface area contributed by atoms with Gasteiger partial charge in [0.05, 0.1) is 16.8 Å². The molecule has 0 bridgehead atoms. The van der Waals surface area contributed by atoms with Crippen LogP contribution in [0.5, 0.6) is 0 Å². The highest BCUT2D eigenvalue weighted by molar-refractivity contribution is 8.00. The number of para-hydroxylation sites is 1. The number of carbonyl (C=O) groups is 4. The Morgan fingerprint density at radius 3 is 2.37 bits per heavy atom. The van der Waals surface area contributed by atoms with E-state index in [-0.39, 0.29) is 17.0 Å². The van der Waals surface area contributed by atoms with Gasteiger partial charge in [0.1, 0.15) is 6.54 Å². The fourth-order valence-electron chi connectivity index (χ4n) is 3.52. The fourth-order valence-corrected chi connectivity index (χ4v) is 4.64. The Labute approximate surface area is 178 Å². The standard InChI is InChI=1S/C22H20N2O5S/c1-14-10-11-23(17-8-4-5-9-18(17)30-14)19(25)13-29-20(26)12-24-21(27)15-6-2-3-7-16(15)22(24)28/h2-9,14H,10-13H2,1H3.